The summed E-state index contributed by atoms with van der Waals surface area (Å²) in [4.78, 5) is 11.1. The Morgan fingerprint density at radius 2 is 2.27 bits per heavy atom. The van der Waals surface area contributed by atoms with Gasteiger partial charge in [-0.25, -0.2) is 0 Å². The molecule has 0 heterocycles. The third kappa shape index (κ3) is 2.91. The molecule has 0 saturated heterocycles. The lowest BCUT2D eigenvalue weighted by atomic mass is 9.93. The molecule has 0 aromatic heterocycles. The van der Waals surface area contributed by atoms with E-state index in [4.69, 9.17) is 0 Å². The summed E-state index contributed by atoms with van der Waals surface area (Å²) in [6, 6.07) is 0.513. The minimum Gasteiger partial charge on any atom is -0.353 e. The predicted molar refractivity (Wildman–Crippen MR) is 45.3 cm³/mol. The first-order chi connectivity index (χ1) is 5.33. The molecule has 0 bridgehead atoms. The zero-order valence-corrected chi connectivity index (χ0v) is 7.23. The maximum atomic E-state index is 11.1. The first kappa shape index (κ1) is 8.57. The Bertz CT molecular complexity index is 130. The van der Waals surface area contributed by atoms with Crippen LogP contribution in [0.15, 0.2) is 0 Å². The fourth-order valence-corrected chi connectivity index (χ4v) is 1.19. The third-order valence-corrected chi connectivity index (χ3v) is 2.23. The van der Waals surface area contributed by atoms with Gasteiger partial charge in [0.2, 0.25) is 5.91 Å². The molecule has 1 fully saturated rings. The van der Waals surface area contributed by atoms with Crippen molar-refractivity contribution < 1.29 is 4.79 Å². The number of amides is 1. The molecule has 0 aliphatic heterocycles. The molecule has 0 aromatic rings. The second-order valence-corrected chi connectivity index (χ2v) is 3.30. The summed E-state index contributed by atoms with van der Waals surface area (Å²) in [5.41, 5.74) is 0. The van der Waals surface area contributed by atoms with Crippen LogP contribution >= 0.6 is 0 Å². The molecular formula is C9H17NO. The van der Waals surface area contributed by atoms with Crippen LogP contribution in [0, 0.1) is 0 Å². The van der Waals surface area contributed by atoms with E-state index in [-0.39, 0.29) is 5.91 Å². The fraction of sp³-hybridized carbons (Fsp3) is 0.889. The zero-order valence-electron chi connectivity index (χ0n) is 7.23. The molecule has 1 saturated carbocycles. The van der Waals surface area contributed by atoms with Gasteiger partial charge in [0.25, 0.3) is 0 Å². The molecule has 0 spiro atoms. The Hall–Kier alpha value is -0.530. The van der Waals surface area contributed by atoms with Gasteiger partial charge in [0.15, 0.2) is 0 Å². The van der Waals surface area contributed by atoms with E-state index >= 15 is 0 Å². The molecule has 1 aliphatic rings. The van der Waals surface area contributed by atoms with Gasteiger partial charge in [-0.3, -0.25) is 4.79 Å². The molecule has 1 N–H and O–H groups in total. The molecular weight excluding hydrogens is 138 g/mol. The molecule has 1 aliphatic carbocycles. The van der Waals surface area contributed by atoms with Gasteiger partial charge in [0, 0.05) is 12.5 Å². The topological polar surface area (TPSA) is 29.1 Å². The quantitative estimate of drug-likeness (QED) is 0.659. The first-order valence-electron chi connectivity index (χ1n) is 4.62. The van der Waals surface area contributed by atoms with E-state index in [1.54, 1.807) is 0 Å². The van der Waals surface area contributed by atoms with Crippen molar-refractivity contribution in [1.82, 2.24) is 5.32 Å². The fourth-order valence-electron chi connectivity index (χ4n) is 1.19. The Morgan fingerprint density at radius 1 is 1.55 bits per heavy atom. The number of rotatable bonds is 4. The zero-order chi connectivity index (χ0) is 8.10. The van der Waals surface area contributed by atoms with Crippen molar-refractivity contribution in [3.63, 3.8) is 0 Å². The van der Waals surface area contributed by atoms with E-state index in [9.17, 15) is 4.79 Å². The molecule has 2 nitrogen and oxygen atoms in total. The van der Waals surface area contributed by atoms with Crippen molar-refractivity contribution in [3.8, 4) is 0 Å². The van der Waals surface area contributed by atoms with Crippen molar-refractivity contribution in [2.45, 2.75) is 51.5 Å². The Kier molecular flexibility index (Phi) is 3.40. The number of carbonyl (C=O) groups is 1. The van der Waals surface area contributed by atoms with Gasteiger partial charge in [0.1, 0.15) is 0 Å². The Balaban J connectivity index is 2.00. The van der Waals surface area contributed by atoms with E-state index in [1.165, 1.54) is 19.3 Å². The van der Waals surface area contributed by atoms with Crippen molar-refractivity contribution in [1.29, 1.82) is 0 Å². The van der Waals surface area contributed by atoms with Crippen LogP contribution in [0.5, 0.6) is 0 Å². The van der Waals surface area contributed by atoms with Crippen molar-refractivity contribution in [2.75, 3.05) is 0 Å². The molecule has 64 valence electrons. The molecule has 0 radical (unpaired) electrons. The Labute approximate surface area is 68.4 Å². The van der Waals surface area contributed by atoms with E-state index in [0.717, 1.165) is 12.8 Å². The average molecular weight is 155 g/mol. The minimum absolute atomic E-state index is 0.247. The van der Waals surface area contributed by atoms with Crippen molar-refractivity contribution in [3.05, 3.63) is 0 Å². The monoisotopic (exact) mass is 155 g/mol. The summed E-state index contributed by atoms with van der Waals surface area (Å²) in [5, 5.41) is 3.01. The highest BCUT2D eigenvalue weighted by molar-refractivity contribution is 5.76. The van der Waals surface area contributed by atoms with Crippen LogP contribution in [0.25, 0.3) is 0 Å². The lowest BCUT2D eigenvalue weighted by molar-refractivity contribution is -0.122. The van der Waals surface area contributed by atoms with Gasteiger partial charge >= 0.3 is 0 Å². The van der Waals surface area contributed by atoms with E-state index in [1.807, 2.05) is 0 Å². The Morgan fingerprint density at radius 3 is 2.73 bits per heavy atom. The van der Waals surface area contributed by atoms with E-state index in [0.29, 0.717) is 12.5 Å². The highest BCUT2D eigenvalue weighted by Crippen LogP contribution is 2.18. The molecule has 2 heteroatoms. The molecule has 1 amide bonds. The van der Waals surface area contributed by atoms with Crippen molar-refractivity contribution >= 4 is 5.91 Å². The summed E-state index contributed by atoms with van der Waals surface area (Å²) in [5.74, 6) is 0.247. The van der Waals surface area contributed by atoms with Crippen LogP contribution in [0.4, 0.5) is 0 Å². The number of nitrogens with one attached hydrogen (secondary N) is 1. The number of hydrogen-bond acceptors (Lipinski definition) is 1. The number of carbonyl (C=O) groups excluding carboxylic acids is 1. The second kappa shape index (κ2) is 4.37. The van der Waals surface area contributed by atoms with Crippen LogP contribution in [-0.4, -0.2) is 11.9 Å². The van der Waals surface area contributed by atoms with E-state index < -0.39 is 0 Å². The van der Waals surface area contributed by atoms with Crippen LogP contribution in [-0.2, 0) is 4.79 Å². The molecule has 0 unspecified atom stereocenters. The van der Waals surface area contributed by atoms with Gasteiger partial charge in [-0.15, -0.1) is 0 Å². The average Bonchev–Trinajstić information content (AvgIpc) is 1.93. The first-order valence-corrected chi connectivity index (χ1v) is 4.62. The normalized spacial score (nSPS) is 17.5. The molecule has 0 aromatic carbocycles. The summed E-state index contributed by atoms with van der Waals surface area (Å²) in [6.07, 6.45) is 6.53. The van der Waals surface area contributed by atoms with Gasteiger partial charge in [-0.1, -0.05) is 13.3 Å². The summed E-state index contributed by atoms with van der Waals surface area (Å²) < 4.78 is 0. The van der Waals surface area contributed by atoms with Gasteiger partial charge in [0.05, 0.1) is 0 Å². The lowest BCUT2D eigenvalue weighted by Gasteiger charge is -2.26. The smallest absolute Gasteiger partial charge is 0.220 e. The van der Waals surface area contributed by atoms with E-state index in [2.05, 4.69) is 12.2 Å². The second-order valence-electron chi connectivity index (χ2n) is 3.30. The molecule has 0 atom stereocenters. The highest BCUT2D eigenvalue weighted by Gasteiger charge is 2.18. The maximum Gasteiger partial charge on any atom is 0.220 e. The highest BCUT2D eigenvalue weighted by atomic mass is 16.1. The maximum absolute atomic E-state index is 11.1. The SMILES string of the molecule is CCCCC(=O)NC1CCC1. The van der Waals surface area contributed by atoms with Crippen LogP contribution < -0.4 is 5.32 Å². The standard InChI is InChI=1S/C9H17NO/c1-2-3-7-9(11)10-8-5-4-6-8/h8H,2-7H2,1H3,(H,10,11). The number of hydrogen-bond donors (Lipinski definition) is 1. The number of unbranched alkanes of at least 4 members (excludes halogenated alkanes) is 1. The van der Waals surface area contributed by atoms with Crippen LogP contribution in [0.3, 0.4) is 0 Å². The van der Waals surface area contributed by atoms with Crippen LogP contribution in [0.2, 0.25) is 0 Å². The molecule has 1 rings (SSSR count). The predicted octanol–water partition coefficient (Wildman–Crippen LogP) is 1.85. The van der Waals surface area contributed by atoms with Gasteiger partial charge in [-0.05, 0) is 25.7 Å². The van der Waals surface area contributed by atoms with Gasteiger partial charge < -0.3 is 5.32 Å². The van der Waals surface area contributed by atoms with Gasteiger partial charge in [-0.2, -0.15) is 0 Å². The third-order valence-electron chi connectivity index (χ3n) is 2.23. The lowest BCUT2D eigenvalue weighted by Crippen LogP contribution is -2.39. The largest absolute Gasteiger partial charge is 0.353 e. The summed E-state index contributed by atoms with van der Waals surface area (Å²) in [7, 11) is 0. The van der Waals surface area contributed by atoms with Crippen molar-refractivity contribution in [2.24, 2.45) is 0 Å². The van der Waals surface area contributed by atoms with Crippen LogP contribution in [0.1, 0.15) is 45.4 Å². The molecule has 11 heavy (non-hydrogen) atoms. The summed E-state index contributed by atoms with van der Waals surface area (Å²) >= 11 is 0. The summed E-state index contributed by atoms with van der Waals surface area (Å²) in [6.45, 7) is 2.11. The minimum atomic E-state index is 0.247.